The highest BCUT2D eigenvalue weighted by molar-refractivity contribution is 5.88. The summed E-state index contributed by atoms with van der Waals surface area (Å²) in [6.45, 7) is 8.13. The normalized spacial score (nSPS) is 9.88. The van der Waals surface area contributed by atoms with E-state index in [1.165, 1.54) is 0 Å². The molecule has 0 saturated heterocycles. The highest BCUT2D eigenvalue weighted by Gasteiger charge is 2.06. The monoisotopic (exact) mass is 220 g/mol. The summed E-state index contributed by atoms with van der Waals surface area (Å²) >= 11 is 0. The Morgan fingerprint density at radius 1 is 1.50 bits per heavy atom. The van der Waals surface area contributed by atoms with Gasteiger partial charge in [-0.3, -0.25) is 0 Å². The Kier molecular flexibility index (Phi) is 4.11. The van der Waals surface area contributed by atoms with Crippen molar-refractivity contribution in [3.63, 3.8) is 0 Å². The predicted octanol–water partition coefficient (Wildman–Crippen LogP) is 3.04. The summed E-state index contributed by atoms with van der Waals surface area (Å²) in [5.74, 6) is -0.314. The molecule has 0 atom stereocenters. The van der Waals surface area contributed by atoms with Crippen LogP contribution in [0.15, 0.2) is 30.4 Å². The highest BCUT2D eigenvalue weighted by Crippen LogP contribution is 2.20. The van der Waals surface area contributed by atoms with Crippen LogP contribution >= 0.6 is 0 Å². The van der Waals surface area contributed by atoms with Gasteiger partial charge < -0.3 is 9.84 Å². The number of benzene rings is 1. The molecule has 0 aliphatic heterocycles. The molecular weight excluding hydrogens is 204 g/mol. The average Bonchev–Trinajstić information content (AvgIpc) is 2.20. The Labute approximate surface area is 95.4 Å². The maximum atomic E-state index is 10.8. The molecule has 1 aromatic rings. The van der Waals surface area contributed by atoms with E-state index < -0.39 is 5.97 Å². The Morgan fingerprint density at radius 2 is 2.19 bits per heavy atom. The van der Waals surface area contributed by atoms with Gasteiger partial charge in [0.2, 0.25) is 0 Å². The van der Waals surface area contributed by atoms with Gasteiger partial charge in [-0.15, -0.1) is 6.58 Å². The van der Waals surface area contributed by atoms with Crippen molar-refractivity contribution < 1.29 is 14.6 Å². The third kappa shape index (κ3) is 3.42. The Balaban J connectivity index is 2.74. The van der Waals surface area contributed by atoms with Crippen molar-refractivity contribution in [2.45, 2.75) is 20.3 Å². The molecule has 0 saturated carbocycles. The molecule has 1 rings (SSSR count). The molecule has 3 nitrogen and oxygen atoms in total. The summed E-state index contributed by atoms with van der Waals surface area (Å²) in [5.41, 5.74) is 2.23. The first-order valence-electron chi connectivity index (χ1n) is 5.12. The maximum Gasteiger partial charge on any atom is 0.335 e. The molecule has 0 aliphatic rings. The van der Waals surface area contributed by atoms with Crippen LogP contribution in [0.4, 0.5) is 0 Å². The van der Waals surface area contributed by atoms with Crippen LogP contribution in [0.25, 0.3) is 0 Å². The fraction of sp³-hybridized carbons (Fsp3) is 0.308. The molecule has 0 radical (unpaired) electrons. The van der Waals surface area contributed by atoms with Crippen molar-refractivity contribution in [2.24, 2.45) is 0 Å². The summed E-state index contributed by atoms with van der Waals surface area (Å²) in [7, 11) is 0. The van der Waals surface area contributed by atoms with Gasteiger partial charge in [0.25, 0.3) is 0 Å². The van der Waals surface area contributed by atoms with Crippen LogP contribution in [-0.4, -0.2) is 17.7 Å². The first-order valence-corrected chi connectivity index (χ1v) is 5.12. The van der Waals surface area contributed by atoms with Gasteiger partial charge in [-0.1, -0.05) is 11.6 Å². The summed E-state index contributed by atoms with van der Waals surface area (Å²) in [4.78, 5) is 10.8. The number of hydrogen-bond donors (Lipinski definition) is 1. The smallest absolute Gasteiger partial charge is 0.335 e. The van der Waals surface area contributed by atoms with E-state index in [4.69, 9.17) is 9.84 Å². The number of rotatable bonds is 5. The fourth-order valence-electron chi connectivity index (χ4n) is 1.22. The van der Waals surface area contributed by atoms with Crippen molar-refractivity contribution in [1.82, 2.24) is 0 Å². The first kappa shape index (κ1) is 12.3. The van der Waals surface area contributed by atoms with Crippen LogP contribution in [0.2, 0.25) is 0 Å². The van der Waals surface area contributed by atoms with Crippen molar-refractivity contribution in [3.05, 3.63) is 41.5 Å². The van der Waals surface area contributed by atoms with Gasteiger partial charge in [0.05, 0.1) is 12.2 Å². The van der Waals surface area contributed by atoms with Crippen LogP contribution in [0, 0.1) is 6.92 Å². The van der Waals surface area contributed by atoms with E-state index >= 15 is 0 Å². The molecule has 0 aromatic heterocycles. The highest BCUT2D eigenvalue weighted by atomic mass is 16.5. The molecule has 0 unspecified atom stereocenters. The average molecular weight is 220 g/mol. The van der Waals surface area contributed by atoms with Gasteiger partial charge in [-0.25, -0.2) is 4.79 Å². The number of carbonyl (C=O) groups is 1. The second-order valence-electron chi connectivity index (χ2n) is 3.84. The molecular formula is C13H16O3. The van der Waals surface area contributed by atoms with Gasteiger partial charge in [0.15, 0.2) is 0 Å². The lowest BCUT2D eigenvalue weighted by atomic mass is 10.1. The minimum absolute atomic E-state index is 0.246. The van der Waals surface area contributed by atoms with Crippen molar-refractivity contribution in [3.8, 4) is 5.75 Å². The second kappa shape index (κ2) is 5.35. The standard InChI is InChI=1S/C13H16O3/c1-9(2)6-7-16-12-8-11(13(14)15)5-4-10(12)3/h4-5,8H,1,6-7H2,2-3H3,(H,14,15). The zero-order valence-corrected chi connectivity index (χ0v) is 9.62. The molecule has 0 fully saturated rings. The van der Waals surface area contributed by atoms with Gasteiger partial charge in [-0.05, 0) is 31.5 Å². The van der Waals surface area contributed by atoms with E-state index in [0.717, 1.165) is 17.6 Å². The molecule has 3 heteroatoms. The SMILES string of the molecule is C=C(C)CCOc1cc(C(=O)O)ccc1C. The summed E-state index contributed by atoms with van der Waals surface area (Å²) in [6, 6.07) is 4.87. The topological polar surface area (TPSA) is 46.5 Å². The number of carboxylic acid groups (broad SMARTS) is 1. The summed E-state index contributed by atoms with van der Waals surface area (Å²) in [5, 5.41) is 8.84. The van der Waals surface area contributed by atoms with E-state index in [0.29, 0.717) is 12.4 Å². The van der Waals surface area contributed by atoms with Gasteiger partial charge in [-0.2, -0.15) is 0 Å². The minimum atomic E-state index is -0.940. The molecule has 0 heterocycles. The lowest BCUT2D eigenvalue weighted by Gasteiger charge is -2.09. The van der Waals surface area contributed by atoms with E-state index in [1.54, 1.807) is 18.2 Å². The zero-order chi connectivity index (χ0) is 12.1. The van der Waals surface area contributed by atoms with Crippen LogP contribution in [0.1, 0.15) is 29.3 Å². The zero-order valence-electron chi connectivity index (χ0n) is 9.62. The quantitative estimate of drug-likeness (QED) is 0.776. The molecule has 1 aromatic carbocycles. The van der Waals surface area contributed by atoms with E-state index in [9.17, 15) is 4.79 Å². The minimum Gasteiger partial charge on any atom is -0.493 e. The van der Waals surface area contributed by atoms with E-state index in [1.807, 2.05) is 13.8 Å². The van der Waals surface area contributed by atoms with Crippen molar-refractivity contribution in [2.75, 3.05) is 6.61 Å². The van der Waals surface area contributed by atoms with Crippen LogP contribution < -0.4 is 4.74 Å². The third-order valence-electron chi connectivity index (χ3n) is 2.22. The number of hydrogen-bond acceptors (Lipinski definition) is 2. The third-order valence-corrected chi connectivity index (χ3v) is 2.22. The Morgan fingerprint density at radius 3 is 2.75 bits per heavy atom. The lowest BCUT2D eigenvalue weighted by molar-refractivity contribution is 0.0696. The number of aromatic carboxylic acids is 1. The lowest BCUT2D eigenvalue weighted by Crippen LogP contribution is -2.02. The van der Waals surface area contributed by atoms with Crippen molar-refractivity contribution >= 4 is 5.97 Å². The van der Waals surface area contributed by atoms with Crippen LogP contribution in [-0.2, 0) is 0 Å². The summed E-state index contributed by atoms with van der Waals surface area (Å²) in [6.07, 6.45) is 0.775. The van der Waals surface area contributed by atoms with Crippen LogP contribution in [0.5, 0.6) is 5.75 Å². The van der Waals surface area contributed by atoms with E-state index in [-0.39, 0.29) is 5.56 Å². The van der Waals surface area contributed by atoms with Gasteiger partial charge >= 0.3 is 5.97 Å². The maximum absolute atomic E-state index is 10.8. The predicted molar refractivity (Wildman–Crippen MR) is 63.1 cm³/mol. The van der Waals surface area contributed by atoms with Crippen molar-refractivity contribution in [1.29, 1.82) is 0 Å². The molecule has 1 N–H and O–H groups in total. The van der Waals surface area contributed by atoms with E-state index in [2.05, 4.69) is 6.58 Å². The largest absolute Gasteiger partial charge is 0.493 e. The molecule has 16 heavy (non-hydrogen) atoms. The Bertz CT molecular complexity index is 408. The second-order valence-corrected chi connectivity index (χ2v) is 3.84. The summed E-state index contributed by atoms with van der Waals surface area (Å²) < 4.78 is 5.51. The molecule has 0 amide bonds. The Hall–Kier alpha value is -1.77. The first-order chi connectivity index (χ1) is 7.50. The van der Waals surface area contributed by atoms with Crippen LogP contribution in [0.3, 0.4) is 0 Å². The molecule has 0 bridgehead atoms. The molecule has 0 aliphatic carbocycles. The number of carboxylic acids is 1. The number of aryl methyl sites for hydroxylation is 1. The fourth-order valence-corrected chi connectivity index (χ4v) is 1.22. The number of ether oxygens (including phenoxy) is 1. The molecule has 0 spiro atoms. The van der Waals surface area contributed by atoms with Gasteiger partial charge in [0.1, 0.15) is 5.75 Å². The molecule has 86 valence electrons. The van der Waals surface area contributed by atoms with Gasteiger partial charge in [0, 0.05) is 6.42 Å².